The first-order valence-electron chi connectivity index (χ1n) is 6.20. The minimum Gasteiger partial charge on any atom is -0.484 e. The number of nitrogens with one attached hydrogen (secondary N) is 1. The van der Waals surface area contributed by atoms with E-state index in [4.69, 9.17) is 4.74 Å². The first-order valence-corrected chi connectivity index (χ1v) is 7.08. The number of carbonyl (C=O) groups is 1. The normalized spacial score (nSPS) is 10.7. The van der Waals surface area contributed by atoms with Crippen molar-refractivity contribution in [2.24, 2.45) is 5.10 Å². The molecule has 0 atom stereocenters. The molecule has 0 radical (unpaired) electrons. The third kappa shape index (κ3) is 4.51. The van der Waals surface area contributed by atoms with E-state index in [0.29, 0.717) is 5.75 Å². The monoisotopic (exact) mass is 288 g/mol. The Balaban J connectivity index is 1.80. The van der Waals surface area contributed by atoms with Gasteiger partial charge in [-0.05, 0) is 48.6 Å². The molecule has 0 saturated heterocycles. The number of nitrogens with zero attached hydrogens (tertiary/aromatic N) is 1. The van der Waals surface area contributed by atoms with Crippen LogP contribution in [0.2, 0.25) is 0 Å². The number of benzene rings is 1. The summed E-state index contributed by atoms with van der Waals surface area (Å²) in [6.07, 6.45) is 1.61. The average molecular weight is 288 g/mol. The Labute approximate surface area is 122 Å². The van der Waals surface area contributed by atoms with Crippen LogP contribution in [-0.4, -0.2) is 18.7 Å². The molecule has 0 aliphatic carbocycles. The maximum absolute atomic E-state index is 11.6. The molecule has 0 aliphatic heterocycles. The first-order chi connectivity index (χ1) is 9.63. The number of hydrogen-bond donors (Lipinski definition) is 1. The summed E-state index contributed by atoms with van der Waals surface area (Å²) in [7, 11) is 0. The van der Waals surface area contributed by atoms with Gasteiger partial charge in [0.25, 0.3) is 5.91 Å². The lowest BCUT2D eigenvalue weighted by Crippen LogP contribution is -2.24. The summed E-state index contributed by atoms with van der Waals surface area (Å²) in [6, 6.07) is 9.70. The number of aryl methyl sites for hydroxylation is 2. The van der Waals surface area contributed by atoms with Crippen LogP contribution in [-0.2, 0) is 4.79 Å². The van der Waals surface area contributed by atoms with Crippen molar-refractivity contribution < 1.29 is 9.53 Å². The van der Waals surface area contributed by atoms with E-state index < -0.39 is 0 Å². The molecule has 0 bridgehead atoms. The highest BCUT2D eigenvalue weighted by molar-refractivity contribution is 7.11. The van der Waals surface area contributed by atoms with Gasteiger partial charge in [-0.3, -0.25) is 4.79 Å². The molecule has 0 aliphatic rings. The van der Waals surface area contributed by atoms with Gasteiger partial charge in [0.15, 0.2) is 6.61 Å². The number of thiophene rings is 1. The van der Waals surface area contributed by atoms with E-state index in [0.717, 1.165) is 16.0 Å². The number of hydrogen-bond acceptors (Lipinski definition) is 4. The van der Waals surface area contributed by atoms with Gasteiger partial charge in [-0.25, -0.2) is 5.43 Å². The van der Waals surface area contributed by atoms with Crippen LogP contribution in [0.25, 0.3) is 0 Å². The van der Waals surface area contributed by atoms with Crippen molar-refractivity contribution in [2.75, 3.05) is 6.61 Å². The van der Waals surface area contributed by atoms with Crippen LogP contribution < -0.4 is 10.2 Å². The van der Waals surface area contributed by atoms with E-state index in [1.54, 1.807) is 17.6 Å². The molecule has 5 heteroatoms. The molecule has 1 aromatic heterocycles. The molecule has 0 saturated carbocycles. The largest absolute Gasteiger partial charge is 0.484 e. The zero-order valence-electron chi connectivity index (χ0n) is 11.4. The van der Waals surface area contributed by atoms with Gasteiger partial charge in [0.05, 0.1) is 6.21 Å². The second-order valence-corrected chi connectivity index (χ2v) is 5.40. The molecule has 0 fully saturated rings. The molecule has 2 aromatic rings. The Hall–Kier alpha value is -2.14. The van der Waals surface area contributed by atoms with Crippen molar-refractivity contribution in [2.45, 2.75) is 13.8 Å². The van der Waals surface area contributed by atoms with Gasteiger partial charge in [-0.2, -0.15) is 5.10 Å². The Morgan fingerprint density at radius 1 is 1.35 bits per heavy atom. The third-order valence-corrected chi connectivity index (χ3v) is 3.30. The highest BCUT2D eigenvalue weighted by Crippen LogP contribution is 2.15. The molecule has 4 nitrogen and oxygen atoms in total. The van der Waals surface area contributed by atoms with Crippen LogP contribution in [0.15, 0.2) is 40.8 Å². The summed E-state index contributed by atoms with van der Waals surface area (Å²) in [6.45, 7) is 3.93. The maximum atomic E-state index is 11.6. The Bertz CT molecular complexity index is 586. The molecule has 104 valence electrons. The van der Waals surface area contributed by atoms with Gasteiger partial charge in [0.1, 0.15) is 5.75 Å². The quantitative estimate of drug-likeness (QED) is 0.679. The highest BCUT2D eigenvalue weighted by Gasteiger charge is 2.02. The molecule has 2 rings (SSSR count). The van der Waals surface area contributed by atoms with Crippen LogP contribution in [0.4, 0.5) is 0 Å². The predicted octanol–water partition coefficient (Wildman–Crippen LogP) is 2.89. The summed E-state index contributed by atoms with van der Waals surface area (Å²) in [4.78, 5) is 12.6. The molecule has 1 amide bonds. The van der Waals surface area contributed by atoms with Crippen LogP contribution in [0.3, 0.4) is 0 Å². The SMILES string of the molecule is Cc1cc(C)cc(OCC(=O)NN=Cc2cccs2)c1. The van der Waals surface area contributed by atoms with Crippen molar-refractivity contribution in [3.05, 3.63) is 51.7 Å². The first kappa shape index (κ1) is 14.3. The predicted molar refractivity (Wildman–Crippen MR) is 81.5 cm³/mol. The molecular weight excluding hydrogens is 272 g/mol. The standard InChI is InChI=1S/C15H16N2O2S/c1-11-6-12(2)8-13(7-11)19-10-15(18)17-16-9-14-4-3-5-20-14/h3-9H,10H2,1-2H3,(H,17,18). The van der Waals surface area contributed by atoms with Gasteiger partial charge in [0, 0.05) is 4.88 Å². The minimum atomic E-state index is -0.281. The van der Waals surface area contributed by atoms with E-state index in [1.165, 1.54) is 0 Å². The van der Waals surface area contributed by atoms with Gasteiger partial charge in [-0.1, -0.05) is 12.1 Å². The van der Waals surface area contributed by atoms with Crippen molar-refractivity contribution in [3.8, 4) is 5.75 Å². The average Bonchev–Trinajstić information content (AvgIpc) is 2.88. The summed E-state index contributed by atoms with van der Waals surface area (Å²) < 4.78 is 5.43. The van der Waals surface area contributed by atoms with E-state index in [-0.39, 0.29) is 12.5 Å². The van der Waals surface area contributed by atoms with E-state index >= 15 is 0 Å². The van der Waals surface area contributed by atoms with E-state index in [2.05, 4.69) is 16.6 Å². The molecule has 0 spiro atoms. The van der Waals surface area contributed by atoms with Crippen molar-refractivity contribution in [1.29, 1.82) is 0 Å². The van der Waals surface area contributed by atoms with E-state index in [1.807, 2.05) is 43.5 Å². The summed E-state index contributed by atoms with van der Waals surface area (Å²) in [5.41, 5.74) is 4.65. The number of carbonyl (C=O) groups excluding carboxylic acids is 1. The summed E-state index contributed by atoms with van der Waals surface area (Å²) >= 11 is 1.56. The smallest absolute Gasteiger partial charge is 0.277 e. The molecule has 1 heterocycles. The number of rotatable bonds is 5. The van der Waals surface area contributed by atoms with E-state index in [9.17, 15) is 4.79 Å². The molecule has 20 heavy (non-hydrogen) atoms. The van der Waals surface area contributed by atoms with Crippen LogP contribution in [0.5, 0.6) is 5.75 Å². The minimum absolute atomic E-state index is 0.0509. The lowest BCUT2D eigenvalue weighted by molar-refractivity contribution is -0.123. The Kier molecular flexibility index (Phi) is 4.90. The molecule has 1 aromatic carbocycles. The fraction of sp³-hybridized carbons (Fsp3) is 0.200. The maximum Gasteiger partial charge on any atom is 0.277 e. The van der Waals surface area contributed by atoms with Gasteiger partial charge < -0.3 is 4.74 Å². The molecular formula is C15H16N2O2S. The lowest BCUT2D eigenvalue weighted by Gasteiger charge is -2.07. The summed E-state index contributed by atoms with van der Waals surface area (Å²) in [5, 5.41) is 5.82. The zero-order valence-corrected chi connectivity index (χ0v) is 12.2. The topological polar surface area (TPSA) is 50.7 Å². The Morgan fingerprint density at radius 2 is 2.10 bits per heavy atom. The van der Waals surface area contributed by atoms with Crippen molar-refractivity contribution in [1.82, 2.24) is 5.43 Å². The highest BCUT2D eigenvalue weighted by atomic mass is 32.1. The fourth-order valence-corrected chi connectivity index (χ4v) is 2.31. The lowest BCUT2D eigenvalue weighted by atomic mass is 10.1. The van der Waals surface area contributed by atoms with Gasteiger partial charge in [0.2, 0.25) is 0 Å². The molecule has 0 unspecified atom stereocenters. The van der Waals surface area contributed by atoms with Crippen molar-refractivity contribution in [3.63, 3.8) is 0 Å². The third-order valence-electron chi connectivity index (χ3n) is 2.49. The molecule has 1 N–H and O–H groups in total. The summed E-state index contributed by atoms with van der Waals surface area (Å²) in [5.74, 6) is 0.414. The number of amides is 1. The van der Waals surface area contributed by atoms with Crippen LogP contribution in [0.1, 0.15) is 16.0 Å². The second-order valence-electron chi connectivity index (χ2n) is 4.42. The zero-order chi connectivity index (χ0) is 14.4. The van der Waals surface area contributed by atoms with Crippen molar-refractivity contribution >= 4 is 23.5 Å². The number of ether oxygens (including phenoxy) is 1. The Morgan fingerprint density at radius 3 is 2.75 bits per heavy atom. The van der Waals surface area contributed by atoms with Gasteiger partial charge >= 0.3 is 0 Å². The fourth-order valence-electron chi connectivity index (χ4n) is 1.73. The van der Waals surface area contributed by atoms with Gasteiger partial charge in [-0.15, -0.1) is 11.3 Å². The number of hydrazone groups is 1. The second kappa shape index (κ2) is 6.86. The van der Waals surface area contributed by atoms with Crippen LogP contribution in [0, 0.1) is 13.8 Å². The van der Waals surface area contributed by atoms with Crippen LogP contribution >= 0.6 is 11.3 Å².